The molecule has 0 aromatic carbocycles. The molecule has 0 amide bonds. The maximum Gasteiger partial charge on any atom is 0.184 e. The van der Waals surface area contributed by atoms with Crippen LogP contribution in [0.4, 0.5) is 0 Å². The van der Waals surface area contributed by atoms with E-state index in [1.165, 1.54) is 12.8 Å². The first-order valence-corrected chi connectivity index (χ1v) is 15.6. The van der Waals surface area contributed by atoms with Gasteiger partial charge in [0.15, 0.2) is 16.6 Å². The van der Waals surface area contributed by atoms with Gasteiger partial charge in [-0.3, -0.25) is 0 Å². The molecule has 0 unspecified atom stereocenters. The fourth-order valence-corrected chi connectivity index (χ4v) is 4.10. The van der Waals surface area contributed by atoms with Gasteiger partial charge < -0.3 is 8.85 Å². The summed E-state index contributed by atoms with van der Waals surface area (Å²) in [6, 6.07) is 0. The summed E-state index contributed by atoms with van der Waals surface area (Å²) in [7, 11) is -3.23. The van der Waals surface area contributed by atoms with E-state index < -0.39 is 16.6 Å². The first kappa shape index (κ1) is 21.8. The molecule has 0 aliphatic heterocycles. The van der Waals surface area contributed by atoms with Gasteiger partial charge in [-0.2, -0.15) is 0 Å². The average Bonchev–Trinajstić information content (AvgIpc) is 2.34. The largest absolute Gasteiger partial charge is 0.408 e. The summed E-state index contributed by atoms with van der Waals surface area (Å²) in [5, 5.41) is 0. The summed E-state index contributed by atoms with van der Waals surface area (Å²) in [4.78, 5) is 0. The molecular weight excluding hydrogens is 304 g/mol. The molecule has 0 fully saturated rings. The van der Waals surface area contributed by atoms with Crippen LogP contribution in [0.2, 0.25) is 39.3 Å². The Morgan fingerprint density at radius 1 is 0.682 bits per heavy atom. The third-order valence-corrected chi connectivity index (χ3v) is 4.82. The Labute approximate surface area is 141 Å². The lowest BCUT2D eigenvalue weighted by atomic mass is 10.1. The summed E-state index contributed by atoms with van der Waals surface area (Å²) < 4.78 is 12.8. The monoisotopic (exact) mass is 342 g/mol. The zero-order chi connectivity index (χ0) is 17.2. The van der Waals surface area contributed by atoms with Crippen LogP contribution in [-0.4, -0.2) is 28.8 Å². The van der Waals surface area contributed by atoms with Crippen molar-refractivity contribution in [2.75, 3.05) is 0 Å². The Balaban J connectivity index is 5.21. The van der Waals surface area contributed by atoms with E-state index in [1.807, 2.05) is 0 Å². The summed E-state index contributed by atoms with van der Waals surface area (Å²) in [5.74, 6) is 0. The number of unbranched alkanes of at least 4 members (excludes halogenated alkanes) is 2. The van der Waals surface area contributed by atoms with Crippen LogP contribution < -0.4 is 0 Å². The molecule has 0 heterocycles. The molecule has 0 N–H and O–H groups in total. The minimum absolute atomic E-state index is 0.0399. The highest BCUT2D eigenvalue weighted by atomic mass is 28.4. The lowest BCUT2D eigenvalue weighted by Gasteiger charge is -2.33. The van der Waals surface area contributed by atoms with Gasteiger partial charge in [-0.05, 0) is 52.1 Å². The predicted molar refractivity (Wildman–Crippen MR) is 105 cm³/mol. The van der Waals surface area contributed by atoms with Crippen molar-refractivity contribution in [2.45, 2.75) is 91.0 Å². The number of rotatable bonds is 11. The van der Waals surface area contributed by atoms with Crippen LogP contribution in [0.25, 0.3) is 0 Å². The second-order valence-electron chi connectivity index (χ2n) is 7.82. The maximum absolute atomic E-state index is 6.42. The molecule has 2 atom stereocenters. The zero-order valence-corrected chi connectivity index (χ0v) is 18.1. The predicted octanol–water partition coefficient (Wildman–Crippen LogP) is 6.14. The van der Waals surface area contributed by atoms with Gasteiger partial charge >= 0.3 is 0 Å². The van der Waals surface area contributed by atoms with Gasteiger partial charge in [0.2, 0.25) is 0 Å². The molecule has 0 aromatic rings. The molecule has 130 valence electrons. The highest BCUT2D eigenvalue weighted by Crippen LogP contribution is 2.19. The van der Waals surface area contributed by atoms with Gasteiger partial charge in [0.05, 0.1) is 12.2 Å². The fourth-order valence-electron chi connectivity index (χ4n) is 2.04. The number of hydrogen-bond acceptors (Lipinski definition) is 2. The lowest BCUT2D eigenvalue weighted by molar-refractivity contribution is 0.105. The van der Waals surface area contributed by atoms with Gasteiger partial charge in [-0.25, -0.2) is 0 Å². The topological polar surface area (TPSA) is 18.5 Å². The third-order valence-electron chi connectivity index (χ3n) is 2.87. The minimum atomic E-state index is -1.62. The normalized spacial score (nSPS) is 16.5. The molecule has 0 radical (unpaired) electrons. The molecule has 0 saturated heterocycles. The molecule has 22 heavy (non-hydrogen) atoms. The lowest BCUT2D eigenvalue weighted by Crippen LogP contribution is -2.42. The Hall–Kier alpha value is -0.166. The van der Waals surface area contributed by atoms with Crippen molar-refractivity contribution in [1.29, 1.82) is 0 Å². The van der Waals surface area contributed by atoms with E-state index in [4.69, 9.17) is 8.85 Å². The molecule has 0 aliphatic carbocycles. The summed E-state index contributed by atoms with van der Waals surface area (Å²) in [5.41, 5.74) is 0. The van der Waals surface area contributed by atoms with E-state index in [0.29, 0.717) is 0 Å². The van der Waals surface area contributed by atoms with E-state index >= 15 is 0 Å². The molecule has 0 rings (SSSR count). The third kappa shape index (κ3) is 12.4. The van der Waals surface area contributed by atoms with E-state index in [2.05, 4.69) is 77.4 Å². The van der Waals surface area contributed by atoms with Crippen molar-refractivity contribution in [3.05, 3.63) is 24.3 Å². The molecule has 2 nitrogen and oxygen atoms in total. The number of hydrogen-bond donors (Lipinski definition) is 0. The van der Waals surface area contributed by atoms with Crippen LogP contribution in [0.5, 0.6) is 0 Å². The zero-order valence-electron chi connectivity index (χ0n) is 16.1. The highest BCUT2D eigenvalue weighted by molar-refractivity contribution is 6.70. The van der Waals surface area contributed by atoms with Crippen LogP contribution in [0.3, 0.4) is 0 Å². The van der Waals surface area contributed by atoms with E-state index in [0.717, 1.165) is 12.8 Å². The highest BCUT2D eigenvalue weighted by Gasteiger charge is 2.29. The maximum atomic E-state index is 6.42. The van der Waals surface area contributed by atoms with Crippen molar-refractivity contribution >= 4 is 16.6 Å². The van der Waals surface area contributed by atoms with Gasteiger partial charge in [-0.1, -0.05) is 51.0 Å². The van der Waals surface area contributed by atoms with Crippen LogP contribution in [-0.2, 0) is 8.85 Å². The van der Waals surface area contributed by atoms with Crippen molar-refractivity contribution in [3.8, 4) is 0 Å². The number of allylic oxidation sites excluding steroid dienone is 2. The summed E-state index contributed by atoms with van der Waals surface area (Å²) in [6.07, 6.45) is 13.6. The van der Waals surface area contributed by atoms with Crippen LogP contribution >= 0.6 is 0 Å². The molecule has 0 aliphatic rings. The van der Waals surface area contributed by atoms with E-state index in [1.54, 1.807) is 0 Å². The van der Waals surface area contributed by atoms with Crippen molar-refractivity contribution in [3.63, 3.8) is 0 Å². The summed E-state index contributed by atoms with van der Waals surface area (Å²) in [6.45, 7) is 17.9. The average molecular weight is 343 g/mol. The molecule has 0 aromatic heterocycles. The van der Waals surface area contributed by atoms with Gasteiger partial charge in [-0.15, -0.1) is 0 Å². The standard InChI is InChI=1S/C18H38O2Si2/c1-9-11-13-15-17(19-21(3,4)5)18(16-14-12-10-2)20-22(6,7)8/h13-18H,9-12H2,1-8H3/b15-13+,16-14+/t17-,18-/m1/s1. The Morgan fingerprint density at radius 3 is 1.23 bits per heavy atom. The van der Waals surface area contributed by atoms with Crippen molar-refractivity contribution < 1.29 is 8.85 Å². The quantitative estimate of drug-likeness (QED) is 0.332. The fraction of sp³-hybridized carbons (Fsp3) is 0.778. The van der Waals surface area contributed by atoms with Gasteiger partial charge in [0.25, 0.3) is 0 Å². The van der Waals surface area contributed by atoms with Crippen LogP contribution in [0, 0.1) is 0 Å². The molecule has 4 heteroatoms. The van der Waals surface area contributed by atoms with E-state index in [9.17, 15) is 0 Å². The minimum Gasteiger partial charge on any atom is -0.408 e. The first-order chi connectivity index (χ1) is 10.1. The second-order valence-corrected chi connectivity index (χ2v) is 16.7. The molecule has 0 saturated carbocycles. The van der Waals surface area contributed by atoms with Crippen molar-refractivity contribution in [2.24, 2.45) is 0 Å². The Kier molecular flexibility index (Phi) is 10.5. The first-order valence-electron chi connectivity index (χ1n) is 8.78. The van der Waals surface area contributed by atoms with Gasteiger partial charge in [0, 0.05) is 0 Å². The summed E-state index contributed by atoms with van der Waals surface area (Å²) >= 11 is 0. The molecule has 0 spiro atoms. The Morgan fingerprint density at radius 2 is 1.00 bits per heavy atom. The van der Waals surface area contributed by atoms with E-state index in [-0.39, 0.29) is 12.2 Å². The molecular formula is C18H38O2Si2. The SMILES string of the molecule is CCC/C=C/[C@@H](O[Si](C)(C)C)[C@@H](/C=C/CCC)O[Si](C)(C)C. The van der Waals surface area contributed by atoms with Crippen LogP contribution in [0.1, 0.15) is 39.5 Å². The van der Waals surface area contributed by atoms with Crippen LogP contribution in [0.15, 0.2) is 24.3 Å². The smallest absolute Gasteiger partial charge is 0.184 e. The van der Waals surface area contributed by atoms with Crippen molar-refractivity contribution in [1.82, 2.24) is 0 Å². The molecule has 0 bridgehead atoms. The van der Waals surface area contributed by atoms with Gasteiger partial charge in [0.1, 0.15) is 0 Å². The Bertz CT molecular complexity index is 304. The second kappa shape index (κ2) is 10.6.